The summed E-state index contributed by atoms with van der Waals surface area (Å²) in [5.41, 5.74) is 0.380. The fourth-order valence-electron chi connectivity index (χ4n) is 3.77. The Labute approximate surface area is 252 Å². The third kappa shape index (κ3) is 20.0. The minimum atomic E-state index is -0.744. The van der Waals surface area contributed by atoms with Crippen molar-refractivity contribution in [3.63, 3.8) is 0 Å². The number of hydrogen-bond acceptors (Lipinski definition) is 5. The predicted octanol–water partition coefficient (Wildman–Crippen LogP) is 7.12. The Morgan fingerprint density at radius 3 is 1.93 bits per heavy atom. The molecule has 0 bridgehead atoms. The number of ether oxygens (including phenoxy) is 1. The van der Waals surface area contributed by atoms with E-state index in [2.05, 4.69) is 89.4 Å². The fourth-order valence-corrected chi connectivity index (χ4v) is 3.77. The lowest BCUT2D eigenvalue weighted by atomic mass is 10.1. The van der Waals surface area contributed by atoms with Crippen molar-refractivity contribution in [2.75, 3.05) is 13.7 Å². The van der Waals surface area contributed by atoms with E-state index in [0.29, 0.717) is 44.2 Å². The molecule has 2 N–H and O–H groups in total. The number of unbranched alkanes of at least 4 members (excludes halogenated alkanes) is 1. The number of aromatic nitrogens is 1. The second-order valence-corrected chi connectivity index (χ2v) is 9.59. The number of hydrogen-bond donors (Lipinski definition) is 2. The van der Waals surface area contributed by atoms with Gasteiger partial charge in [0.05, 0.1) is 12.7 Å². The van der Waals surface area contributed by atoms with Crippen LogP contribution in [0.3, 0.4) is 0 Å². The zero-order valence-electron chi connectivity index (χ0n) is 25.4. The second-order valence-electron chi connectivity index (χ2n) is 9.59. The van der Waals surface area contributed by atoms with Crippen LogP contribution in [-0.4, -0.2) is 42.5 Å². The molecule has 7 nitrogen and oxygen atoms in total. The van der Waals surface area contributed by atoms with Crippen molar-refractivity contribution < 1.29 is 19.1 Å². The lowest BCUT2D eigenvalue weighted by molar-refractivity contribution is -0.143. The van der Waals surface area contributed by atoms with Crippen molar-refractivity contribution in [2.24, 2.45) is 0 Å². The molecule has 2 amide bonds. The van der Waals surface area contributed by atoms with Gasteiger partial charge in [0.1, 0.15) is 6.04 Å². The van der Waals surface area contributed by atoms with Crippen LogP contribution in [0.2, 0.25) is 0 Å². The van der Waals surface area contributed by atoms with Crippen LogP contribution in [0.4, 0.5) is 0 Å². The average molecular weight is 576 g/mol. The number of pyridine rings is 1. The molecule has 0 fully saturated rings. The van der Waals surface area contributed by atoms with Crippen molar-refractivity contribution in [1.82, 2.24) is 15.6 Å². The first kappa shape index (κ1) is 36.0. The molecule has 1 atom stereocenters. The molecular weight excluding hydrogens is 526 g/mol. The number of esters is 1. The lowest BCUT2D eigenvalue weighted by Gasteiger charge is -2.16. The minimum absolute atomic E-state index is 0.00364. The highest BCUT2D eigenvalue weighted by molar-refractivity contribution is 5.96. The summed E-state index contributed by atoms with van der Waals surface area (Å²) in [5.74, 6) is -0.863. The van der Waals surface area contributed by atoms with E-state index < -0.39 is 12.0 Å². The van der Waals surface area contributed by atoms with Crippen molar-refractivity contribution in [3.05, 3.63) is 103 Å². The Kier molecular flexibility index (Phi) is 22.2. The topological polar surface area (TPSA) is 97.4 Å². The molecule has 0 radical (unpaired) electrons. The molecule has 0 aliphatic rings. The molecule has 1 rings (SSSR count). The van der Waals surface area contributed by atoms with Gasteiger partial charge in [-0.15, -0.1) is 0 Å². The molecule has 0 saturated carbocycles. The van der Waals surface area contributed by atoms with Crippen molar-refractivity contribution in [1.29, 1.82) is 0 Å². The first-order valence-electron chi connectivity index (χ1n) is 15.0. The van der Waals surface area contributed by atoms with Crippen molar-refractivity contribution in [2.45, 2.75) is 83.6 Å². The molecule has 1 heterocycles. The highest BCUT2D eigenvalue weighted by Crippen LogP contribution is 2.05. The highest BCUT2D eigenvalue weighted by atomic mass is 16.5. The summed E-state index contributed by atoms with van der Waals surface area (Å²) in [6.07, 6.45) is 37.7. The van der Waals surface area contributed by atoms with E-state index in [0.717, 1.165) is 38.5 Å². The maximum Gasteiger partial charge on any atom is 0.328 e. The molecule has 1 unspecified atom stereocenters. The summed E-state index contributed by atoms with van der Waals surface area (Å²) in [6, 6.07) is 2.55. The SMILES string of the molecule is CC/C=C\C/C=C\C/C=C\C/C=C\C/C=C\C/C=C\CCC(=O)NCCCCC(NC(=O)c1cccnc1)C(=O)OC. The fraction of sp³-hybridized carbons (Fsp3) is 0.429. The summed E-state index contributed by atoms with van der Waals surface area (Å²) in [5, 5.41) is 5.61. The number of methoxy groups -OCH3 is 1. The molecule has 0 aromatic carbocycles. The molecule has 228 valence electrons. The number of allylic oxidation sites excluding steroid dienone is 12. The third-order valence-electron chi connectivity index (χ3n) is 6.09. The molecule has 1 aromatic heterocycles. The Hall–Kier alpha value is -4.00. The predicted molar refractivity (Wildman–Crippen MR) is 172 cm³/mol. The van der Waals surface area contributed by atoms with E-state index in [1.54, 1.807) is 18.3 Å². The quantitative estimate of drug-likeness (QED) is 0.0872. The molecular formula is C35H49N3O4. The maximum atomic E-state index is 12.3. The maximum absolute atomic E-state index is 12.3. The van der Waals surface area contributed by atoms with Gasteiger partial charge >= 0.3 is 5.97 Å². The Morgan fingerprint density at radius 2 is 1.40 bits per heavy atom. The number of carbonyl (C=O) groups excluding carboxylic acids is 3. The minimum Gasteiger partial charge on any atom is -0.467 e. The molecule has 7 heteroatoms. The summed E-state index contributed by atoms with van der Waals surface area (Å²) in [6.45, 7) is 2.67. The van der Waals surface area contributed by atoms with Crippen LogP contribution in [0.1, 0.15) is 87.9 Å². The zero-order valence-corrected chi connectivity index (χ0v) is 25.4. The number of carbonyl (C=O) groups is 3. The van der Waals surface area contributed by atoms with Gasteiger partial charge in [0.2, 0.25) is 5.91 Å². The van der Waals surface area contributed by atoms with Gasteiger partial charge in [-0.1, -0.05) is 79.8 Å². The average Bonchev–Trinajstić information content (AvgIpc) is 3.01. The highest BCUT2D eigenvalue weighted by Gasteiger charge is 2.21. The van der Waals surface area contributed by atoms with E-state index >= 15 is 0 Å². The first-order chi connectivity index (χ1) is 20.6. The summed E-state index contributed by atoms with van der Waals surface area (Å²) in [4.78, 5) is 40.4. The van der Waals surface area contributed by atoms with Gasteiger partial charge in [0.25, 0.3) is 5.91 Å². The molecule has 42 heavy (non-hydrogen) atoms. The van der Waals surface area contributed by atoms with E-state index in [9.17, 15) is 14.4 Å². The zero-order chi connectivity index (χ0) is 30.5. The smallest absolute Gasteiger partial charge is 0.328 e. The van der Waals surface area contributed by atoms with Gasteiger partial charge in [-0.3, -0.25) is 14.6 Å². The van der Waals surface area contributed by atoms with Crippen molar-refractivity contribution >= 4 is 17.8 Å². The van der Waals surface area contributed by atoms with Gasteiger partial charge < -0.3 is 15.4 Å². The van der Waals surface area contributed by atoms with Gasteiger partial charge in [0.15, 0.2) is 0 Å². The summed E-state index contributed by atoms with van der Waals surface area (Å²) < 4.78 is 4.82. The van der Waals surface area contributed by atoms with Gasteiger partial charge in [-0.2, -0.15) is 0 Å². The van der Waals surface area contributed by atoms with Crippen molar-refractivity contribution in [3.8, 4) is 0 Å². The van der Waals surface area contributed by atoms with Crippen LogP contribution in [0.25, 0.3) is 0 Å². The van der Waals surface area contributed by atoms with Crippen LogP contribution < -0.4 is 10.6 Å². The molecule has 0 aliphatic carbocycles. The lowest BCUT2D eigenvalue weighted by Crippen LogP contribution is -2.41. The van der Waals surface area contributed by atoms with Gasteiger partial charge in [0, 0.05) is 25.4 Å². The summed E-state index contributed by atoms with van der Waals surface area (Å²) in [7, 11) is 1.30. The van der Waals surface area contributed by atoms with Crippen LogP contribution >= 0.6 is 0 Å². The van der Waals surface area contributed by atoms with E-state index in [4.69, 9.17) is 4.74 Å². The molecule has 0 spiro atoms. The normalized spacial score (nSPS) is 12.8. The second kappa shape index (κ2) is 25.9. The monoisotopic (exact) mass is 575 g/mol. The number of nitrogens with one attached hydrogen (secondary N) is 2. The first-order valence-corrected chi connectivity index (χ1v) is 15.0. The van der Waals surface area contributed by atoms with Crippen LogP contribution in [0.15, 0.2) is 97.4 Å². The Bertz CT molecular complexity index is 1060. The Morgan fingerprint density at radius 1 is 0.833 bits per heavy atom. The van der Waals surface area contributed by atoms with E-state index in [1.165, 1.54) is 13.3 Å². The molecule has 0 saturated heterocycles. The number of nitrogens with zero attached hydrogens (tertiary/aromatic N) is 1. The number of rotatable bonds is 22. The van der Waals surface area contributed by atoms with E-state index in [-0.39, 0.29) is 11.8 Å². The van der Waals surface area contributed by atoms with Gasteiger partial charge in [-0.25, -0.2) is 4.79 Å². The van der Waals surface area contributed by atoms with E-state index in [1.807, 2.05) is 6.08 Å². The van der Waals surface area contributed by atoms with Gasteiger partial charge in [-0.05, 0) is 76.3 Å². The Balaban J connectivity index is 2.08. The van der Waals surface area contributed by atoms with Crippen LogP contribution in [0.5, 0.6) is 0 Å². The third-order valence-corrected chi connectivity index (χ3v) is 6.09. The standard InChI is InChI=1S/C35H49N3O4/c1-3-4-5-6-7-8-9-10-11-12-13-14-15-16-17-18-19-20-21-27-33(39)37-29-23-22-26-32(35(41)42-2)38-34(40)31-25-24-28-36-30-31/h4-5,7-8,10-11,13-14,16-17,19-20,24-25,28,30,32H,3,6,9,12,15,18,21-23,26-27,29H2,1-2H3,(H,37,39)(H,38,40)/b5-4-,8-7-,11-10-,14-13-,17-16-,20-19-. The largest absolute Gasteiger partial charge is 0.467 e. The molecule has 1 aromatic rings. The number of amides is 2. The summed E-state index contributed by atoms with van der Waals surface area (Å²) >= 11 is 0. The molecule has 0 aliphatic heterocycles. The van der Waals surface area contributed by atoms with Crippen LogP contribution in [-0.2, 0) is 14.3 Å². The van der Waals surface area contributed by atoms with Crippen LogP contribution in [0, 0.1) is 0 Å².